The van der Waals surface area contributed by atoms with E-state index in [9.17, 15) is 4.79 Å². The molecule has 0 saturated heterocycles. The van der Waals surface area contributed by atoms with Crippen LogP contribution in [0.15, 0.2) is 18.2 Å². The highest BCUT2D eigenvalue weighted by Gasteiger charge is 2.44. The van der Waals surface area contributed by atoms with Crippen LogP contribution in [0.3, 0.4) is 0 Å². The van der Waals surface area contributed by atoms with Gasteiger partial charge in [0.2, 0.25) is 5.91 Å². The Morgan fingerprint density at radius 2 is 2.00 bits per heavy atom. The number of nitrogens with zero attached hydrogens (tertiary/aromatic N) is 1. The molecule has 1 aliphatic heterocycles. The minimum Gasteiger partial charge on any atom is -0.330 e. The molecular formula is C15H21N3O. The van der Waals surface area contributed by atoms with Gasteiger partial charge in [-0.15, -0.1) is 0 Å². The molecule has 0 aromatic heterocycles. The van der Waals surface area contributed by atoms with Crippen molar-refractivity contribution in [3.05, 3.63) is 29.3 Å². The van der Waals surface area contributed by atoms with Crippen molar-refractivity contribution in [2.24, 2.45) is 16.9 Å². The van der Waals surface area contributed by atoms with E-state index in [2.05, 4.69) is 6.07 Å². The van der Waals surface area contributed by atoms with Crippen LogP contribution < -0.4 is 16.4 Å². The van der Waals surface area contributed by atoms with E-state index in [-0.39, 0.29) is 11.3 Å². The summed E-state index contributed by atoms with van der Waals surface area (Å²) in [4.78, 5) is 14.1. The standard InChI is InChI=1S/C15H21N3O/c16-8-11-1-3-13-12(7-11)2-4-14(19)18(13)10-15(9-17)5-6-15/h1,3,7H,2,4-6,8-10,16-17H2. The predicted molar refractivity (Wildman–Crippen MR) is 75.7 cm³/mol. The van der Waals surface area contributed by atoms with Crippen LogP contribution in [-0.2, 0) is 17.8 Å². The third-order valence-corrected chi connectivity index (χ3v) is 4.46. The lowest BCUT2D eigenvalue weighted by atomic mass is 9.96. The fourth-order valence-electron chi connectivity index (χ4n) is 2.85. The third-order valence-electron chi connectivity index (χ3n) is 4.46. The van der Waals surface area contributed by atoms with Crippen molar-refractivity contribution in [3.8, 4) is 0 Å². The Kier molecular flexibility index (Phi) is 3.07. The molecule has 1 amide bonds. The third kappa shape index (κ3) is 2.26. The molecule has 3 rings (SSSR count). The molecule has 0 radical (unpaired) electrons. The molecule has 0 atom stereocenters. The highest BCUT2D eigenvalue weighted by molar-refractivity contribution is 5.96. The molecule has 19 heavy (non-hydrogen) atoms. The van der Waals surface area contributed by atoms with E-state index in [0.29, 0.717) is 19.5 Å². The minimum absolute atomic E-state index is 0.177. The van der Waals surface area contributed by atoms with Crippen LogP contribution in [0.2, 0.25) is 0 Å². The van der Waals surface area contributed by atoms with Crippen LogP contribution in [0.25, 0.3) is 0 Å². The molecule has 1 aliphatic carbocycles. The van der Waals surface area contributed by atoms with E-state index in [0.717, 1.165) is 37.1 Å². The van der Waals surface area contributed by atoms with E-state index in [1.54, 1.807) is 0 Å². The molecule has 4 heteroatoms. The van der Waals surface area contributed by atoms with E-state index in [4.69, 9.17) is 11.5 Å². The molecule has 1 saturated carbocycles. The Labute approximate surface area is 113 Å². The number of aryl methyl sites for hydroxylation is 1. The van der Waals surface area contributed by atoms with Gasteiger partial charge in [-0.05, 0) is 43.0 Å². The summed E-state index contributed by atoms with van der Waals surface area (Å²) in [5, 5.41) is 0. The molecule has 1 aromatic rings. The molecule has 102 valence electrons. The van der Waals surface area contributed by atoms with E-state index in [1.807, 2.05) is 17.0 Å². The van der Waals surface area contributed by atoms with Gasteiger partial charge in [-0.25, -0.2) is 0 Å². The van der Waals surface area contributed by atoms with Crippen molar-refractivity contribution in [1.82, 2.24) is 0 Å². The minimum atomic E-state index is 0.177. The second kappa shape index (κ2) is 4.62. The fraction of sp³-hybridized carbons (Fsp3) is 0.533. The Morgan fingerprint density at radius 1 is 1.21 bits per heavy atom. The molecule has 2 aliphatic rings. The lowest BCUT2D eigenvalue weighted by molar-refractivity contribution is -0.119. The molecule has 1 aromatic carbocycles. The van der Waals surface area contributed by atoms with E-state index in [1.165, 1.54) is 5.56 Å². The lowest BCUT2D eigenvalue weighted by Crippen LogP contribution is -2.41. The van der Waals surface area contributed by atoms with Crippen molar-refractivity contribution in [2.75, 3.05) is 18.0 Å². The van der Waals surface area contributed by atoms with Crippen molar-refractivity contribution in [2.45, 2.75) is 32.2 Å². The number of amides is 1. The van der Waals surface area contributed by atoms with Crippen LogP contribution in [0.4, 0.5) is 5.69 Å². The number of rotatable bonds is 4. The number of nitrogens with two attached hydrogens (primary N) is 2. The first-order chi connectivity index (χ1) is 9.17. The largest absolute Gasteiger partial charge is 0.330 e. The Hall–Kier alpha value is -1.39. The number of carbonyl (C=O) groups excluding carboxylic acids is 1. The summed E-state index contributed by atoms with van der Waals surface area (Å²) in [6.07, 6.45) is 3.71. The molecular weight excluding hydrogens is 238 g/mol. The van der Waals surface area contributed by atoms with E-state index >= 15 is 0 Å². The van der Waals surface area contributed by atoms with Gasteiger partial charge in [0.25, 0.3) is 0 Å². The van der Waals surface area contributed by atoms with Gasteiger partial charge >= 0.3 is 0 Å². The van der Waals surface area contributed by atoms with Crippen molar-refractivity contribution < 1.29 is 4.79 Å². The van der Waals surface area contributed by atoms with Gasteiger partial charge in [0, 0.05) is 30.6 Å². The zero-order valence-electron chi connectivity index (χ0n) is 11.2. The molecule has 1 fully saturated rings. The van der Waals surface area contributed by atoms with Crippen molar-refractivity contribution >= 4 is 11.6 Å². The number of anilines is 1. The van der Waals surface area contributed by atoms with E-state index < -0.39 is 0 Å². The summed E-state index contributed by atoms with van der Waals surface area (Å²) >= 11 is 0. The summed E-state index contributed by atoms with van der Waals surface area (Å²) in [5.41, 5.74) is 15.1. The Morgan fingerprint density at radius 3 is 2.63 bits per heavy atom. The molecule has 0 spiro atoms. The van der Waals surface area contributed by atoms with Crippen LogP contribution in [0, 0.1) is 5.41 Å². The van der Waals surface area contributed by atoms with Gasteiger partial charge < -0.3 is 16.4 Å². The summed E-state index contributed by atoms with van der Waals surface area (Å²) in [7, 11) is 0. The second-order valence-corrected chi connectivity index (χ2v) is 5.85. The Balaban J connectivity index is 1.90. The van der Waals surface area contributed by atoms with Crippen LogP contribution in [-0.4, -0.2) is 19.0 Å². The van der Waals surface area contributed by atoms with Gasteiger partial charge in [0.15, 0.2) is 0 Å². The first-order valence-electron chi connectivity index (χ1n) is 7.00. The zero-order chi connectivity index (χ0) is 13.5. The first kappa shape index (κ1) is 12.6. The highest BCUT2D eigenvalue weighted by Crippen LogP contribution is 2.46. The van der Waals surface area contributed by atoms with Gasteiger partial charge in [-0.3, -0.25) is 4.79 Å². The number of benzene rings is 1. The maximum Gasteiger partial charge on any atom is 0.227 e. The number of carbonyl (C=O) groups is 1. The van der Waals surface area contributed by atoms with Crippen LogP contribution >= 0.6 is 0 Å². The number of hydrogen-bond donors (Lipinski definition) is 2. The van der Waals surface area contributed by atoms with Crippen molar-refractivity contribution in [3.63, 3.8) is 0 Å². The Bertz CT molecular complexity index is 508. The molecule has 0 bridgehead atoms. The monoisotopic (exact) mass is 259 g/mol. The van der Waals surface area contributed by atoms with Gasteiger partial charge in [-0.1, -0.05) is 12.1 Å². The summed E-state index contributed by atoms with van der Waals surface area (Å²) in [6.45, 7) is 2.00. The quantitative estimate of drug-likeness (QED) is 0.852. The molecule has 4 nitrogen and oxygen atoms in total. The first-order valence-corrected chi connectivity index (χ1v) is 7.00. The van der Waals surface area contributed by atoms with Crippen LogP contribution in [0.5, 0.6) is 0 Å². The highest BCUT2D eigenvalue weighted by atomic mass is 16.2. The topological polar surface area (TPSA) is 72.4 Å². The zero-order valence-corrected chi connectivity index (χ0v) is 11.2. The van der Waals surface area contributed by atoms with Crippen molar-refractivity contribution in [1.29, 1.82) is 0 Å². The smallest absolute Gasteiger partial charge is 0.227 e. The SMILES string of the molecule is NCc1ccc2c(c1)CCC(=O)N2CC1(CN)CC1. The predicted octanol–water partition coefficient (Wildman–Crippen LogP) is 1.16. The second-order valence-electron chi connectivity index (χ2n) is 5.85. The summed E-state index contributed by atoms with van der Waals surface area (Å²) in [5.74, 6) is 0.229. The molecule has 1 heterocycles. The summed E-state index contributed by atoms with van der Waals surface area (Å²) < 4.78 is 0. The number of fused-ring (bicyclic) bond motifs is 1. The maximum absolute atomic E-state index is 12.2. The summed E-state index contributed by atoms with van der Waals surface area (Å²) in [6, 6.07) is 6.20. The molecule has 0 unspecified atom stereocenters. The number of hydrogen-bond acceptors (Lipinski definition) is 3. The van der Waals surface area contributed by atoms with Gasteiger partial charge in [0.1, 0.15) is 0 Å². The van der Waals surface area contributed by atoms with Crippen LogP contribution in [0.1, 0.15) is 30.4 Å². The maximum atomic E-state index is 12.2. The molecule has 4 N–H and O–H groups in total. The lowest BCUT2D eigenvalue weighted by Gasteiger charge is -2.32. The normalized spacial score (nSPS) is 20.3. The fourth-order valence-corrected chi connectivity index (χ4v) is 2.85. The van der Waals surface area contributed by atoms with Gasteiger partial charge in [0.05, 0.1) is 0 Å². The van der Waals surface area contributed by atoms with Gasteiger partial charge in [-0.2, -0.15) is 0 Å². The average Bonchev–Trinajstić information content (AvgIpc) is 3.22. The average molecular weight is 259 g/mol.